The lowest BCUT2D eigenvalue weighted by Crippen LogP contribution is -2.06. The molecule has 144 valence electrons. The molecule has 0 atom stereocenters. The van der Waals surface area contributed by atoms with Crippen LogP contribution < -0.4 is 9.47 Å². The Morgan fingerprint density at radius 3 is 2.26 bits per heavy atom. The second-order valence-corrected chi connectivity index (χ2v) is 5.46. The molecule has 27 heavy (non-hydrogen) atoms. The van der Waals surface area contributed by atoms with Gasteiger partial charge >= 0.3 is 12.1 Å². The lowest BCUT2D eigenvalue weighted by molar-refractivity contribution is -0.138. The van der Waals surface area contributed by atoms with Crippen LogP contribution in [0.15, 0.2) is 48.5 Å². The van der Waals surface area contributed by atoms with Crippen molar-refractivity contribution in [1.82, 2.24) is 0 Å². The summed E-state index contributed by atoms with van der Waals surface area (Å²) in [5.41, 5.74) is 0.181. The molecule has 2 rings (SSSR count). The van der Waals surface area contributed by atoms with Gasteiger partial charge < -0.3 is 14.2 Å². The molecule has 2 aromatic carbocycles. The number of carbonyl (C=O) groups excluding carboxylic acids is 1. The first-order valence-electron chi connectivity index (χ1n) is 8.08. The van der Waals surface area contributed by atoms with Gasteiger partial charge in [-0.15, -0.1) is 0 Å². The van der Waals surface area contributed by atoms with Crippen molar-refractivity contribution in [3.05, 3.63) is 65.2 Å². The average Bonchev–Trinajstić information content (AvgIpc) is 2.65. The van der Waals surface area contributed by atoms with Crippen LogP contribution in [0.1, 0.15) is 23.6 Å². The van der Waals surface area contributed by atoms with E-state index in [4.69, 9.17) is 14.2 Å². The van der Waals surface area contributed by atoms with Crippen LogP contribution in [-0.4, -0.2) is 26.8 Å². The quantitative estimate of drug-likeness (QED) is 0.537. The summed E-state index contributed by atoms with van der Waals surface area (Å²) in [4.78, 5) is 12.0. The number of halogens is 3. The summed E-state index contributed by atoms with van der Waals surface area (Å²) in [7, 11) is 2.92. The minimum Gasteiger partial charge on any atom is -0.493 e. The molecule has 0 fully saturated rings. The van der Waals surface area contributed by atoms with E-state index >= 15 is 0 Å². The van der Waals surface area contributed by atoms with E-state index in [0.29, 0.717) is 17.1 Å². The molecule has 0 unspecified atom stereocenters. The predicted molar refractivity (Wildman–Crippen MR) is 94.7 cm³/mol. The molecular weight excluding hydrogens is 361 g/mol. The maximum absolute atomic E-state index is 13.1. The molecule has 0 aromatic heterocycles. The maximum Gasteiger partial charge on any atom is 0.416 e. The number of carbonyl (C=O) groups is 1. The van der Waals surface area contributed by atoms with Gasteiger partial charge in [-0.3, -0.25) is 0 Å². The van der Waals surface area contributed by atoms with Crippen LogP contribution in [-0.2, 0) is 15.7 Å². The Morgan fingerprint density at radius 2 is 1.67 bits per heavy atom. The van der Waals surface area contributed by atoms with Crippen LogP contribution in [0.3, 0.4) is 0 Å². The fourth-order valence-electron chi connectivity index (χ4n) is 2.50. The standard InChI is InChI=1S/C20H19F3O4/c1-4-27-19(24)12-16(13-6-5-7-15(10-13)20(21,22)23)14-8-9-17(25-2)18(11-14)26-3/h5-12H,4H2,1-3H3/b16-12+. The van der Waals surface area contributed by atoms with Crippen molar-refractivity contribution in [3.63, 3.8) is 0 Å². The normalized spacial score (nSPS) is 11.9. The first-order valence-corrected chi connectivity index (χ1v) is 8.08. The Kier molecular flexibility index (Phi) is 6.50. The molecule has 0 aliphatic carbocycles. The lowest BCUT2D eigenvalue weighted by Gasteiger charge is -2.14. The van der Waals surface area contributed by atoms with Gasteiger partial charge in [0.1, 0.15) is 0 Å². The zero-order valence-electron chi connectivity index (χ0n) is 15.1. The molecule has 4 nitrogen and oxygen atoms in total. The lowest BCUT2D eigenvalue weighted by atomic mass is 9.95. The van der Waals surface area contributed by atoms with E-state index in [1.54, 1.807) is 25.1 Å². The fourth-order valence-corrected chi connectivity index (χ4v) is 2.50. The number of hydrogen-bond donors (Lipinski definition) is 0. The van der Waals surface area contributed by atoms with Crippen molar-refractivity contribution in [3.8, 4) is 11.5 Å². The monoisotopic (exact) mass is 380 g/mol. The van der Waals surface area contributed by atoms with Crippen LogP contribution in [0.4, 0.5) is 13.2 Å². The molecule has 0 bridgehead atoms. The van der Waals surface area contributed by atoms with Gasteiger partial charge in [-0.25, -0.2) is 4.79 Å². The minimum absolute atomic E-state index is 0.150. The molecule has 0 heterocycles. The van der Waals surface area contributed by atoms with E-state index in [2.05, 4.69) is 0 Å². The van der Waals surface area contributed by atoms with Gasteiger partial charge in [0.2, 0.25) is 0 Å². The molecule has 0 amide bonds. The van der Waals surface area contributed by atoms with E-state index in [-0.39, 0.29) is 17.7 Å². The fraction of sp³-hybridized carbons (Fsp3) is 0.250. The van der Waals surface area contributed by atoms with Gasteiger partial charge in [-0.1, -0.05) is 18.2 Å². The molecule has 0 N–H and O–H groups in total. The zero-order valence-corrected chi connectivity index (χ0v) is 15.1. The number of rotatable bonds is 6. The van der Waals surface area contributed by atoms with E-state index in [1.807, 2.05) is 0 Å². The van der Waals surface area contributed by atoms with Crippen molar-refractivity contribution < 1.29 is 32.2 Å². The zero-order chi connectivity index (χ0) is 20.0. The second kappa shape index (κ2) is 8.62. The van der Waals surface area contributed by atoms with Gasteiger partial charge in [0.05, 0.1) is 26.4 Å². The first-order chi connectivity index (χ1) is 12.8. The van der Waals surface area contributed by atoms with Crippen molar-refractivity contribution in [1.29, 1.82) is 0 Å². The number of hydrogen-bond acceptors (Lipinski definition) is 4. The average molecular weight is 380 g/mol. The number of ether oxygens (including phenoxy) is 3. The van der Waals surface area contributed by atoms with Crippen LogP contribution in [0.5, 0.6) is 11.5 Å². The van der Waals surface area contributed by atoms with E-state index in [9.17, 15) is 18.0 Å². The topological polar surface area (TPSA) is 44.8 Å². The smallest absolute Gasteiger partial charge is 0.416 e. The molecule has 0 spiro atoms. The summed E-state index contributed by atoms with van der Waals surface area (Å²) in [6, 6.07) is 9.58. The van der Waals surface area contributed by atoms with E-state index in [1.165, 1.54) is 32.4 Å². The van der Waals surface area contributed by atoms with Crippen LogP contribution in [0.2, 0.25) is 0 Å². The summed E-state index contributed by atoms with van der Waals surface area (Å²) < 4.78 is 54.6. The highest BCUT2D eigenvalue weighted by Gasteiger charge is 2.30. The number of methoxy groups -OCH3 is 2. The summed E-state index contributed by atoms with van der Waals surface area (Å²) in [5.74, 6) is 0.192. The Morgan fingerprint density at radius 1 is 1.00 bits per heavy atom. The molecule has 0 saturated carbocycles. The number of alkyl halides is 3. The van der Waals surface area contributed by atoms with Gasteiger partial charge in [-0.05, 0) is 47.9 Å². The maximum atomic E-state index is 13.1. The SMILES string of the molecule is CCOC(=O)/C=C(\c1cccc(C(F)(F)F)c1)c1ccc(OC)c(OC)c1. The Bertz CT molecular complexity index is 841. The minimum atomic E-state index is -4.50. The summed E-state index contributed by atoms with van der Waals surface area (Å²) in [6.07, 6.45) is -3.33. The third-order valence-electron chi connectivity index (χ3n) is 3.74. The van der Waals surface area contributed by atoms with Crippen LogP contribution >= 0.6 is 0 Å². The molecule has 0 aliphatic heterocycles. The Balaban J connectivity index is 2.62. The van der Waals surface area contributed by atoms with E-state index < -0.39 is 17.7 Å². The van der Waals surface area contributed by atoms with Crippen molar-refractivity contribution in [2.45, 2.75) is 13.1 Å². The molecule has 0 radical (unpaired) electrons. The van der Waals surface area contributed by atoms with Gasteiger partial charge in [0.25, 0.3) is 0 Å². The van der Waals surface area contributed by atoms with Gasteiger partial charge in [-0.2, -0.15) is 13.2 Å². The highest BCUT2D eigenvalue weighted by molar-refractivity contribution is 5.96. The highest BCUT2D eigenvalue weighted by Crippen LogP contribution is 2.35. The van der Waals surface area contributed by atoms with Crippen LogP contribution in [0.25, 0.3) is 5.57 Å². The molecular formula is C20H19F3O4. The molecule has 0 aliphatic rings. The third-order valence-corrected chi connectivity index (χ3v) is 3.74. The van der Waals surface area contributed by atoms with E-state index in [0.717, 1.165) is 12.1 Å². The second-order valence-electron chi connectivity index (χ2n) is 5.46. The first kappa shape index (κ1) is 20.4. The number of benzene rings is 2. The summed E-state index contributed by atoms with van der Waals surface area (Å²) >= 11 is 0. The Hall–Kier alpha value is -2.96. The van der Waals surface area contributed by atoms with Crippen molar-refractivity contribution >= 4 is 11.5 Å². The molecule has 2 aromatic rings. The van der Waals surface area contributed by atoms with Gasteiger partial charge in [0, 0.05) is 6.08 Å². The molecule has 0 saturated heterocycles. The Labute approximate surface area is 155 Å². The predicted octanol–water partition coefficient (Wildman–Crippen LogP) is 4.72. The van der Waals surface area contributed by atoms with Crippen LogP contribution in [0, 0.1) is 0 Å². The largest absolute Gasteiger partial charge is 0.493 e. The third kappa shape index (κ3) is 5.03. The van der Waals surface area contributed by atoms with Gasteiger partial charge in [0.15, 0.2) is 11.5 Å². The highest BCUT2D eigenvalue weighted by atomic mass is 19.4. The molecule has 7 heteroatoms. The van der Waals surface area contributed by atoms with Crippen molar-refractivity contribution in [2.24, 2.45) is 0 Å². The summed E-state index contributed by atoms with van der Waals surface area (Å²) in [5, 5.41) is 0. The number of esters is 1. The summed E-state index contributed by atoms with van der Waals surface area (Å²) in [6.45, 7) is 1.79. The van der Waals surface area contributed by atoms with Crippen molar-refractivity contribution in [2.75, 3.05) is 20.8 Å².